The Hall–Kier alpha value is -3.74. The zero-order valence-corrected chi connectivity index (χ0v) is 22.4. The molecule has 2 aromatic rings. The third-order valence-electron chi connectivity index (χ3n) is 5.90. The molecule has 1 amide bonds. The first kappa shape index (κ1) is 28.8. The molecule has 9 heteroatoms. The van der Waals surface area contributed by atoms with Crippen molar-refractivity contribution >= 4 is 41.5 Å². The fraction of sp³-hybridized carbons (Fsp3) is 0.379. The maximum absolute atomic E-state index is 13.7. The standard InChI is InChI=1S/C29H32ClN3O5/c1-3-37-28(35)25(20-31-24-13-9-6-10-14-24)26(29(36)38-4-2)33(27(34)22-11-7-5-8-12-22)32-19-21-15-17-23(30)18-16-21/h5,7-8,11-12,15-19,24,26H,3-4,6,9-10,13-14H2,1-2H3/b32-19+. The SMILES string of the molecule is CCOC(=O)C(=C=NC1CCCCC1)C(C(=O)OCC)N(/N=C/c1ccc(Cl)cc1)C(=O)c1ccccc1. The largest absolute Gasteiger partial charge is 0.464 e. The van der Waals surface area contributed by atoms with Gasteiger partial charge in [-0.2, -0.15) is 5.10 Å². The first-order valence-corrected chi connectivity index (χ1v) is 13.2. The molecule has 1 atom stereocenters. The molecule has 0 radical (unpaired) electrons. The van der Waals surface area contributed by atoms with Gasteiger partial charge in [-0.15, -0.1) is 0 Å². The molecular formula is C29H32ClN3O5. The van der Waals surface area contributed by atoms with E-state index in [1.165, 1.54) is 6.21 Å². The molecule has 1 saturated carbocycles. The van der Waals surface area contributed by atoms with E-state index in [2.05, 4.69) is 16.0 Å². The molecule has 1 fully saturated rings. The Morgan fingerprint density at radius 1 is 1.00 bits per heavy atom. The van der Waals surface area contributed by atoms with Crippen LogP contribution < -0.4 is 0 Å². The van der Waals surface area contributed by atoms with Crippen LogP contribution in [0.4, 0.5) is 0 Å². The highest BCUT2D eigenvalue weighted by molar-refractivity contribution is 6.30. The predicted octanol–water partition coefficient (Wildman–Crippen LogP) is 5.24. The van der Waals surface area contributed by atoms with Crippen molar-refractivity contribution < 1.29 is 23.9 Å². The normalized spacial score (nSPS) is 14.3. The Morgan fingerprint density at radius 3 is 2.29 bits per heavy atom. The van der Waals surface area contributed by atoms with Gasteiger partial charge in [-0.25, -0.2) is 19.6 Å². The number of carbonyl (C=O) groups is 3. The highest BCUT2D eigenvalue weighted by Gasteiger charge is 2.39. The third kappa shape index (κ3) is 8.13. The topological polar surface area (TPSA) is 97.6 Å². The molecule has 8 nitrogen and oxygen atoms in total. The molecule has 2 aromatic carbocycles. The van der Waals surface area contributed by atoms with Gasteiger partial charge in [-0.3, -0.25) is 4.79 Å². The van der Waals surface area contributed by atoms with E-state index in [4.69, 9.17) is 21.1 Å². The van der Waals surface area contributed by atoms with Crippen molar-refractivity contribution in [3.63, 3.8) is 0 Å². The zero-order valence-electron chi connectivity index (χ0n) is 21.6. The summed E-state index contributed by atoms with van der Waals surface area (Å²) in [6.45, 7) is 3.38. The summed E-state index contributed by atoms with van der Waals surface area (Å²) >= 11 is 5.99. The minimum absolute atomic E-state index is 0.0273. The van der Waals surface area contributed by atoms with Gasteiger partial charge < -0.3 is 9.47 Å². The monoisotopic (exact) mass is 537 g/mol. The summed E-state index contributed by atoms with van der Waals surface area (Å²) in [5.41, 5.74) is 0.649. The van der Waals surface area contributed by atoms with E-state index in [0.717, 1.165) is 37.1 Å². The molecule has 0 heterocycles. The number of benzene rings is 2. The minimum atomic E-state index is -1.57. The van der Waals surface area contributed by atoms with E-state index >= 15 is 0 Å². The van der Waals surface area contributed by atoms with Crippen LogP contribution in [0, 0.1) is 0 Å². The van der Waals surface area contributed by atoms with E-state index in [0.29, 0.717) is 10.6 Å². The average Bonchev–Trinajstić information content (AvgIpc) is 2.94. The lowest BCUT2D eigenvalue weighted by atomic mass is 9.96. The minimum Gasteiger partial charge on any atom is -0.464 e. The lowest BCUT2D eigenvalue weighted by Crippen LogP contribution is -2.46. The number of ether oxygens (including phenoxy) is 2. The lowest BCUT2D eigenvalue weighted by molar-refractivity contribution is -0.150. The van der Waals surface area contributed by atoms with Crippen molar-refractivity contribution in [1.29, 1.82) is 0 Å². The maximum atomic E-state index is 13.7. The molecule has 0 saturated heterocycles. The fourth-order valence-corrected chi connectivity index (χ4v) is 4.11. The first-order chi connectivity index (χ1) is 18.4. The second kappa shape index (κ2) is 14.9. The van der Waals surface area contributed by atoms with Gasteiger partial charge in [-0.05, 0) is 62.4 Å². The van der Waals surface area contributed by atoms with Gasteiger partial charge in [0.15, 0.2) is 6.04 Å². The number of amides is 1. The smallest absolute Gasteiger partial charge is 0.346 e. The highest BCUT2D eigenvalue weighted by atomic mass is 35.5. The van der Waals surface area contributed by atoms with Crippen LogP contribution in [-0.2, 0) is 19.1 Å². The van der Waals surface area contributed by atoms with Crippen LogP contribution in [0.3, 0.4) is 0 Å². The van der Waals surface area contributed by atoms with Crippen molar-refractivity contribution in [2.45, 2.75) is 58.0 Å². The van der Waals surface area contributed by atoms with E-state index in [9.17, 15) is 14.4 Å². The number of rotatable bonds is 10. The summed E-state index contributed by atoms with van der Waals surface area (Å²) in [7, 11) is 0. The van der Waals surface area contributed by atoms with Crippen molar-refractivity contribution in [2.24, 2.45) is 10.1 Å². The number of esters is 2. The molecular weight excluding hydrogens is 506 g/mol. The Labute approximate surface area is 228 Å². The molecule has 1 aliphatic carbocycles. The van der Waals surface area contributed by atoms with Crippen molar-refractivity contribution in [3.05, 3.63) is 76.3 Å². The number of halogens is 1. The van der Waals surface area contributed by atoms with Crippen LogP contribution in [-0.4, -0.2) is 60.2 Å². The van der Waals surface area contributed by atoms with Crippen LogP contribution in [0.15, 0.2) is 70.3 Å². The number of hydrazone groups is 1. The van der Waals surface area contributed by atoms with Crippen LogP contribution in [0.2, 0.25) is 5.02 Å². The number of aliphatic imine (C=N–C) groups is 1. The fourth-order valence-electron chi connectivity index (χ4n) is 3.99. The Bertz CT molecular complexity index is 1180. The van der Waals surface area contributed by atoms with Gasteiger partial charge in [-0.1, -0.05) is 61.2 Å². The summed E-state index contributed by atoms with van der Waals surface area (Å²) in [6, 6.07) is 13.5. The summed E-state index contributed by atoms with van der Waals surface area (Å²) < 4.78 is 10.6. The van der Waals surface area contributed by atoms with E-state index in [1.807, 2.05) is 0 Å². The summed E-state index contributed by atoms with van der Waals surface area (Å²) in [5.74, 6) is 0.502. The molecule has 1 unspecified atom stereocenters. The second-order valence-corrected chi connectivity index (χ2v) is 9.07. The summed E-state index contributed by atoms with van der Waals surface area (Å²) in [6.07, 6.45) is 6.30. The van der Waals surface area contributed by atoms with Gasteiger partial charge in [0.2, 0.25) is 0 Å². The quantitative estimate of drug-likeness (QED) is 0.179. The summed E-state index contributed by atoms with van der Waals surface area (Å²) in [4.78, 5) is 44.7. The van der Waals surface area contributed by atoms with Crippen molar-refractivity contribution in [2.75, 3.05) is 13.2 Å². The van der Waals surface area contributed by atoms with Crippen molar-refractivity contribution in [1.82, 2.24) is 5.01 Å². The van der Waals surface area contributed by atoms with E-state index < -0.39 is 23.9 Å². The molecule has 200 valence electrons. The van der Waals surface area contributed by atoms with E-state index in [1.54, 1.807) is 68.4 Å². The van der Waals surface area contributed by atoms with Gasteiger partial charge >= 0.3 is 11.9 Å². The number of hydrogen-bond donors (Lipinski definition) is 0. The van der Waals surface area contributed by atoms with Gasteiger partial charge in [0.1, 0.15) is 5.57 Å². The summed E-state index contributed by atoms with van der Waals surface area (Å²) in [5, 5.41) is 5.83. The Kier molecular flexibility index (Phi) is 11.3. The van der Waals surface area contributed by atoms with Gasteiger partial charge in [0, 0.05) is 10.6 Å². The lowest BCUT2D eigenvalue weighted by Gasteiger charge is -2.26. The van der Waals surface area contributed by atoms with Gasteiger partial charge in [0.05, 0.1) is 25.5 Å². The molecule has 1 aliphatic rings. The van der Waals surface area contributed by atoms with E-state index in [-0.39, 0.29) is 30.4 Å². The molecule has 38 heavy (non-hydrogen) atoms. The maximum Gasteiger partial charge on any atom is 0.346 e. The molecule has 0 aromatic heterocycles. The van der Waals surface area contributed by atoms with Crippen LogP contribution in [0.5, 0.6) is 0 Å². The third-order valence-corrected chi connectivity index (χ3v) is 6.15. The Balaban J connectivity index is 2.16. The van der Waals surface area contributed by atoms with Crippen LogP contribution in [0.25, 0.3) is 0 Å². The molecule has 0 aliphatic heterocycles. The average molecular weight is 538 g/mol. The number of hydrogen-bond acceptors (Lipinski definition) is 7. The predicted molar refractivity (Wildman–Crippen MR) is 147 cm³/mol. The Morgan fingerprint density at radius 2 is 1.66 bits per heavy atom. The number of carbonyl (C=O) groups excluding carboxylic acids is 3. The highest BCUT2D eigenvalue weighted by Crippen LogP contribution is 2.21. The van der Waals surface area contributed by atoms with Crippen molar-refractivity contribution in [3.8, 4) is 0 Å². The second-order valence-electron chi connectivity index (χ2n) is 8.63. The van der Waals surface area contributed by atoms with Crippen LogP contribution in [0.1, 0.15) is 61.9 Å². The first-order valence-electron chi connectivity index (χ1n) is 12.8. The molecule has 0 N–H and O–H groups in total. The number of nitrogens with zero attached hydrogens (tertiary/aromatic N) is 3. The zero-order chi connectivity index (χ0) is 27.3. The molecule has 3 rings (SSSR count). The van der Waals surface area contributed by atoms with Gasteiger partial charge in [0.25, 0.3) is 5.91 Å². The molecule has 0 spiro atoms. The van der Waals surface area contributed by atoms with Crippen LogP contribution >= 0.6 is 11.6 Å². The molecule has 0 bridgehead atoms.